The molecule has 1 heterocycles. The van der Waals surface area contributed by atoms with Crippen LogP contribution in [0.2, 0.25) is 0 Å². The average Bonchev–Trinajstić information content (AvgIpc) is 2.89. The van der Waals surface area contributed by atoms with Gasteiger partial charge in [0, 0.05) is 15.9 Å². The van der Waals surface area contributed by atoms with Gasteiger partial charge < -0.3 is 5.11 Å². The summed E-state index contributed by atoms with van der Waals surface area (Å²) < 4.78 is 27.8. The summed E-state index contributed by atoms with van der Waals surface area (Å²) >= 11 is 4.26. The van der Waals surface area contributed by atoms with Gasteiger partial charge in [-0.1, -0.05) is 34.1 Å². The van der Waals surface area contributed by atoms with E-state index in [4.69, 9.17) is 5.11 Å². The third-order valence-corrected chi connectivity index (χ3v) is 6.49. The molecule has 2 aromatic rings. The van der Waals surface area contributed by atoms with E-state index in [0.717, 1.165) is 27.4 Å². The Morgan fingerprint density at radius 1 is 1.38 bits per heavy atom. The van der Waals surface area contributed by atoms with Gasteiger partial charge in [-0.15, -0.1) is 11.3 Å². The Labute approximate surface area is 134 Å². The zero-order valence-electron chi connectivity index (χ0n) is 10.9. The van der Waals surface area contributed by atoms with E-state index in [0.29, 0.717) is 0 Å². The zero-order chi connectivity index (χ0) is 15.6. The number of thiophene rings is 1. The molecule has 0 aliphatic heterocycles. The molecule has 0 aliphatic carbocycles. The summed E-state index contributed by atoms with van der Waals surface area (Å²) in [4.78, 5) is 10.8. The normalized spacial score (nSPS) is 13.0. The maximum Gasteiger partial charge on any atom is 0.336 e. The van der Waals surface area contributed by atoms with Crippen LogP contribution in [0.25, 0.3) is 0 Å². The first kappa shape index (κ1) is 16.2. The highest BCUT2D eigenvalue weighted by molar-refractivity contribution is 9.10. The quantitative estimate of drug-likeness (QED) is 0.821. The first-order valence-electron chi connectivity index (χ1n) is 5.90. The number of hydrogen-bond donors (Lipinski definition) is 2. The third-order valence-electron chi connectivity index (χ3n) is 2.79. The maximum atomic E-state index is 12.3. The summed E-state index contributed by atoms with van der Waals surface area (Å²) in [6, 6.07) is 8.01. The zero-order valence-corrected chi connectivity index (χ0v) is 14.1. The van der Waals surface area contributed by atoms with E-state index in [1.54, 1.807) is 6.92 Å². The topological polar surface area (TPSA) is 83.5 Å². The SMILES string of the molecule is C[C@@H](NS(=O)(=O)c1cc(C(=O)O)cs1)c1ccccc1Br. The molecule has 2 N–H and O–H groups in total. The van der Waals surface area contributed by atoms with Crippen molar-refractivity contribution in [3.05, 3.63) is 51.3 Å². The Kier molecular flexibility index (Phi) is 4.82. The molecule has 1 atom stereocenters. The van der Waals surface area contributed by atoms with Gasteiger partial charge in [0.2, 0.25) is 0 Å². The van der Waals surface area contributed by atoms with E-state index >= 15 is 0 Å². The van der Waals surface area contributed by atoms with Gasteiger partial charge >= 0.3 is 5.97 Å². The number of hydrogen-bond acceptors (Lipinski definition) is 4. The molecule has 21 heavy (non-hydrogen) atoms. The van der Waals surface area contributed by atoms with E-state index in [1.165, 1.54) is 5.38 Å². The summed E-state index contributed by atoms with van der Waals surface area (Å²) in [5, 5.41) is 10.2. The molecule has 0 spiro atoms. The summed E-state index contributed by atoms with van der Waals surface area (Å²) in [6.45, 7) is 1.73. The highest BCUT2D eigenvalue weighted by Gasteiger charge is 2.22. The Morgan fingerprint density at radius 2 is 2.05 bits per heavy atom. The van der Waals surface area contributed by atoms with Gasteiger partial charge in [-0.25, -0.2) is 17.9 Å². The number of benzene rings is 1. The summed E-state index contributed by atoms with van der Waals surface area (Å²) in [5.41, 5.74) is 0.769. The van der Waals surface area contributed by atoms with Crippen LogP contribution >= 0.6 is 27.3 Å². The van der Waals surface area contributed by atoms with E-state index in [2.05, 4.69) is 20.7 Å². The summed E-state index contributed by atoms with van der Waals surface area (Å²) in [6.07, 6.45) is 0. The number of carboxylic acids is 1. The van der Waals surface area contributed by atoms with Crippen molar-refractivity contribution in [2.45, 2.75) is 17.2 Å². The minimum absolute atomic E-state index is 0.0150. The predicted molar refractivity (Wildman–Crippen MR) is 84.2 cm³/mol. The Balaban J connectivity index is 2.24. The highest BCUT2D eigenvalue weighted by Crippen LogP contribution is 2.26. The van der Waals surface area contributed by atoms with E-state index in [1.807, 2.05) is 24.3 Å². The van der Waals surface area contributed by atoms with E-state index in [-0.39, 0.29) is 9.77 Å². The number of carboxylic acid groups (broad SMARTS) is 1. The minimum atomic E-state index is -3.75. The largest absolute Gasteiger partial charge is 0.478 e. The lowest BCUT2D eigenvalue weighted by Gasteiger charge is -2.15. The molecule has 112 valence electrons. The molecule has 8 heteroatoms. The molecule has 0 amide bonds. The first-order chi connectivity index (χ1) is 9.81. The number of nitrogens with one attached hydrogen (secondary N) is 1. The summed E-state index contributed by atoms with van der Waals surface area (Å²) in [7, 11) is -3.75. The molecule has 2 rings (SSSR count). The second kappa shape index (κ2) is 6.27. The van der Waals surface area contributed by atoms with Crippen LogP contribution in [-0.4, -0.2) is 19.5 Å². The molecule has 0 saturated heterocycles. The van der Waals surface area contributed by atoms with Crippen molar-refractivity contribution in [3.8, 4) is 0 Å². The van der Waals surface area contributed by atoms with Crippen LogP contribution in [0.4, 0.5) is 0 Å². The van der Waals surface area contributed by atoms with Crippen LogP contribution in [-0.2, 0) is 10.0 Å². The van der Waals surface area contributed by atoms with Crippen molar-refractivity contribution in [3.63, 3.8) is 0 Å². The maximum absolute atomic E-state index is 12.3. The van der Waals surface area contributed by atoms with Gasteiger partial charge in [0.25, 0.3) is 10.0 Å². The van der Waals surface area contributed by atoms with Crippen LogP contribution in [0.5, 0.6) is 0 Å². The van der Waals surface area contributed by atoms with Gasteiger partial charge in [-0.2, -0.15) is 0 Å². The Morgan fingerprint density at radius 3 is 2.62 bits per heavy atom. The lowest BCUT2D eigenvalue weighted by atomic mass is 10.1. The lowest BCUT2D eigenvalue weighted by Crippen LogP contribution is -2.26. The molecule has 0 bridgehead atoms. The number of rotatable bonds is 5. The van der Waals surface area contributed by atoms with Crippen molar-refractivity contribution in [1.29, 1.82) is 0 Å². The lowest BCUT2D eigenvalue weighted by molar-refractivity contribution is 0.0697. The highest BCUT2D eigenvalue weighted by atomic mass is 79.9. The van der Waals surface area contributed by atoms with Crippen molar-refractivity contribution in [2.75, 3.05) is 0 Å². The van der Waals surface area contributed by atoms with Gasteiger partial charge in [0.15, 0.2) is 0 Å². The fraction of sp³-hybridized carbons (Fsp3) is 0.154. The van der Waals surface area contributed by atoms with Crippen molar-refractivity contribution in [2.24, 2.45) is 0 Å². The average molecular weight is 390 g/mol. The Bertz CT molecular complexity index is 770. The molecule has 0 aliphatic rings. The van der Waals surface area contributed by atoms with Crippen LogP contribution in [0.3, 0.4) is 0 Å². The summed E-state index contributed by atoms with van der Waals surface area (Å²) in [5.74, 6) is -1.15. The molecule has 5 nitrogen and oxygen atoms in total. The van der Waals surface area contributed by atoms with Crippen LogP contribution in [0.15, 0.2) is 44.4 Å². The minimum Gasteiger partial charge on any atom is -0.478 e. The number of aromatic carboxylic acids is 1. The molecule has 0 saturated carbocycles. The van der Waals surface area contributed by atoms with E-state index in [9.17, 15) is 13.2 Å². The van der Waals surface area contributed by atoms with Gasteiger partial charge in [0.1, 0.15) is 4.21 Å². The number of halogens is 1. The molecule has 1 aromatic heterocycles. The van der Waals surface area contributed by atoms with Crippen molar-refractivity contribution in [1.82, 2.24) is 4.72 Å². The second-order valence-electron chi connectivity index (χ2n) is 4.32. The molecule has 0 fully saturated rings. The standard InChI is InChI=1S/C13H12BrNO4S2/c1-8(10-4-2-3-5-11(10)14)15-21(18,19)12-6-9(7-20-12)13(16)17/h2-8,15H,1H3,(H,16,17)/t8-/m1/s1. The van der Waals surface area contributed by atoms with Crippen LogP contribution < -0.4 is 4.72 Å². The van der Waals surface area contributed by atoms with Crippen LogP contribution in [0, 0.1) is 0 Å². The molecule has 0 radical (unpaired) electrons. The van der Waals surface area contributed by atoms with Gasteiger partial charge in [-0.05, 0) is 24.6 Å². The third kappa shape index (κ3) is 3.70. The molecular formula is C13H12BrNO4S2. The predicted octanol–water partition coefficient (Wildman–Crippen LogP) is 3.25. The fourth-order valence-electron chi connectivity index (χ4n) is 1.75. The van der Waals surface area contributed by atoms with Crippen molar-refractivity contribution >= 4 is 43.3 Å². The van der Waals surface area contributed by atoms with Gasteiger partial charge in [-0.3, -0.25) is 0 Å². The number of sulfonamides is 1. The smallest absolute Gasteiger partial charge is 0.336 e. The molecular weight excluding hydrogens is 378 g/mol. The van der Waals surface area contributed by atoms with Gasteiger partial charge in [0.05, 0.1) is 5.56 Å². The Hall–Kier alpha value is -1.22. The first-order valence-corrected chi connectivity index (χ1v) is 9.05. The monoisotopic (exact) mass is 389 g/mol. The fourth-order valence-corrected chi connectivity index (χ4v) is 4.77. The second-order valence-corrected chi connectivity index (χ2v) is 8.03. The molecule has 1 aromatic carbocycles. The molecule has 0 unspecified atom stereocenters. The van der Waals surface area contributed by atoms with E-state index < -0.39 is 22.0 Å². The van der Waals surface area contributed by atoms with Crippen molar-refractivity contribution < 1.29 is 18.3 Å². The van der Waals surface area contributed by atoms with Crippen LogP contribution in [0.1, 0.15) is 28.9 Å². The number of carbonyl (C=O) groups is 1.